The van der Waals surface area contributed by atoms with Crippen LogP contribution >= 0.6 is 0 Å². The van der Waals surface area contributed by atoms with Crippen molar-refractivity contribution >= 4 is 47.1 Å². The molecule has 63 heavy (non-hydrogen) atoms. The zero-order valence-corrected chi connectivity index (χ0v) is 36.5. The van der Waals surface area contributed by atoms with Crippen molar-refractivity contribution in [3.05, 3.63) is 111 Å². The molecule has 0 saturated heterocycles. The van der Waals surface area contributed by atoms with E-state index < -0.39 is 52.6 Å². The van der Waals surface area contributed by atoms with Gasteiger partial charge in [0.2, 0.25) is 5.91 Å². The molecule has 3 aliphatic heterocycles. The first kappa shape index (κ1) is 45.7. The monoisotopic (exact) mass is 862 g/mol. The van der Waals surface area contributed by atoms with E-state index in [1.807, 2.05) is 6.92 Å². The molecule has 0 fully saturated rings. The zero-order chi connectivity index (χ0) is 46.0. The number of benzene rings is 3. The van der Waals surface area contributed by atoms with Gasteiger partial charge in [0.05, 0.1) is 72.5 Å². The van der Waals surface area contributed by atoms with Crippen LogP contribution in [0.3, 0.4) is 0 Å². The van der Waals surface area contributed by atoms with Gasteiger partial charge in [-0.2, -0.15) is 0 Å². The molecule has 0 aliphatic carbocycles. The Morgan fingerprint density at radius 2 is 1.41 bits per heavy atom. The molecule has 6 rings (SSSR count). The van der Waals surface area contributed by atoms with Crippen molar-refractivity contribution in [3.8, 4) is 17.2 Å². The van der Waals surface area contributed by atoms with Crippen LogP contribution in [0, 0.1) is 0 Å². The van der Waals surface area contributed by atoms with Gasteiger partial charge in [0, 0.05) is 30.8 Å². The summed E-state index contributed by atoms with van der Waals surface area (Å²) in [5.41, 5.74) is 0.283. The minimum Gasteiger partial charge on any atom is -0.465 e. The number of fused-ring (bicyclic) bond motifs is 2. The summed E-state index contributed by atoms with van der Waals surface area (Å²) in [7, 11) is 2.87. The van der Waals surface area contributed by atoms with E-state index >= 15 is 0 Å². The topological polar surface area (TPSA) is 195 Å². The first-order chi connectivity index (χ1) is 29.8. The minimum absolute atomic E-state index is 0.00605. The second-order valence-corrected chi connectivity index (χ2v) is 16.6. The molecule has 330 valence electrons. The van der Waals surface area contributed by atoms with Crippen LogP contribution < -0.4 is 14.8 Å². The quantitative estimate of drug-likeness (QED) is 0.0968. The Bertz CT molecular complexity index is 2500. The molecule has 16 heteroatoms. The lowest BCUT2D eigenvalue weighted by Gasteiger charge is -2.36. The second kappa shape index (κ2) is 18.3. The number of amides is 7. The lowest BCUT2D eigenvalue weighted by atomic mass is 9.96. The normalized spacial score (nSPS) is 15.5. The van der Waals surface area contributed by atoms with E-state index in [1.54, 1.807) is 52.0 Å². The molecule has 0 radical (unpaired) electrons. The Morgan fingerprint density at radius 3 is 2.10 bits per heavy atom. The zero-order valence-electron chi connectivity index (χ0n) is 36.5. The molecular weight excluding hydrogens is 813 g/mol. The number of nitrogens with zero attached hydrogens (tertiary/aromatic N) is 3. The number of nitrogens with one attached hydrogen (secondary N) is 1. The van der Waals surface area contributed by atoms with Gasteiger partial charge in [-0.15, -0.1) is 0 Å². The molecule has 0 spiro atoms. The molecule has 0 saturated carbocycles. The Balaban J connectivity index is 1.02. The molecular formula is C47H50N4O12. The van der Waals surface area contributed by atoms with Gasteiger partial charge >= 0.3 is 0 Å². The van der Waals surface area contributed by atoms with Gasteiger partial charge in [-0.1, -0.05) is 19.4 Å². The van der Waals surface area contributed by atoms with E-state index in [0.29, 0.717) is 35.5 Å². The van der Waals surface area contributed by atoms with Gasteiger partial charge in [-0.05, 0) is 101 Å². The number of Topliss-reactive ketones (excluding diaryl/α,β-unsaturated/α-hetero) is 1. The lowest BCUT2D eigenvalue weighted by molar-refractivity contribution is -0.146. The van der Waals surface area contributed by atoms with Crippen LogP contribution in [0.25, 0.3) is 0 Å². The smallest absolute Gasteiger partial charge is 0.261 e. The van der Waals surface area contributed by atoms with Crippen LogP contribution in [0.4, 0.5) is 0 Å². The summed E-state index contributed by atoms with van der Waals surface area (Å²) in [6, 6.07) is 13.8. The molecule has 16 nitrogen and oxygen atoms in total. The Hall–Kier alpha value is -6.78. The highest BCUT2D eigenvalue weighted by Crippen LogP contribution is 2.33. The third-order valence-corrected chi connectivity index (χ3v) is 10.7. The number of hydrogen-bond acceptors (Lipinski definition) is 12. The highest BCUT2D eigenvalue weighted by Gasteiger charge is 2.39. The van der Waals surface area contributed by atoms with Crippen molar-refractivity contribution in [1.29, 1.82) is 0 Å². The predicted molar refractivity (Wildman–Crippen MR) is 227 cm³/mol. The van der Waals surface area contributed by atoms with Crippen LogP contribution in [0.2, 0.25) is 0 Å². The largest absolute Gasteiger partial charge is 0.465 e. The maximum atomic E-state index is 13.8. The number of rotatable bonds is 18. The van der Waals surface area contributed by atoms with Gasteiger partial charge in [0.1, 0.15) is 17.2 Å². The number of carbonyl (C=O) groups excluding carboxylic acids is 8. The van der Waals surface area contributed by atoms with Gasteiger partial charge in [-0.3, -0.25) is 53.1 Å². The summed E-state index contributed by atoms with van der Waals surface area (Å²) >= 11 is 0. The highest BCUT2D eigenvalue weighted by molar-refractivity contribution is 6.22. The molecule has 3 heterocycles. The average Bonchev–Trinajstić information content (AvgIpc) is 3.59. The maximum absolute atomic E-state index is 13.8. The third-order valence-electron chi connectivity index (χ3n) is 10.7. The number of hydrogen-bond donors (Lipinski definition) is 1. The summed E-state index contributed by atoms with van der Waals surface area (Å²) < 4.78 is 24.0. The average molecular weight is 863 g/mol. The summed E-state index contributed by atoms with van der Waals surface area (Å²) in [5, 5.41) is 2.49. The van der Waals surface area contributed by atoms with Gasteiger partial charge in [0.15, 0.2) is 5.78 Å². The standard InChI is InChI=1S/C47H50N4O12/c1-9-10-33-35(17-19-60-29-13-15-32(40(54)48-7)36(22-29)27(2)52)44(58)50(43(33)57)18-20-61-47(5,6)26-62-46(3,4)25-51-39(53)21-28-11-12-30(23-37(28)45(51)59)63-31-14-16-34-38(24-31)42(56)49(8)41(34)55/h11-17,19,22-24H,9-10,18,20-21,25-26H2,1-8H3,(H,48,54)/b19-17+. The van der Waals surface area contributed by atoms with Gasteiger partial charge in [-0.25, -0.2) is 0 Å². The maximum Gasteiger partial charge on any atom is 0.261 e. The molecule has 3 aliphatic rings. The van der Waals surface area contributed by atoms with E-state index in [1.165, 1.54) is 63.7 Å². The summed E-state index contributed by atoms with van der Waals surface area (Å²) in [6.45, 7) is 10.2. The van der Waals surface area contributed by atoms with E-state index in [9.17, 15) is 38.4 Å². The Labute approximate surface area is 364 Å². The first-order valence-corrected chi connectivity index (χ1v) is 20.4. The molecule has 0 unspecified atom stereocenters. The minimum atomic E-state index is -1.01. The molecule has 0 atom stereocenters. The summed E-state index contributed by atoms with van der Waals surface area (Å²) in [5.74, 6) is -2.57. The first-order valence-electron chi connectivity index (χ1n) is 20.4. The third kappa shape index (κ3) is 9.82. The molecule has 3 aromatic carbocycles. The van der Waals surface area contributed by atoms with E-state index in [0.717, 1.165) is 14.7 Å². The van der Waals surface area contributed by atoms with Crippen molar-refractivity contribution in [3.63, 3.8) is 0 Å². The van der Waals surface area contributed by atoms with Crippen molar-refractivity contribution in [2.24, 2.45) is 0 Å². The van der Waals surface area contributed by atoms with Crippen molar-refractivity contribution in [1.82, 2.24) is 20.0 Å². The fourth-order valence-electron chi connectivity index (χ4n) is 7.35. The second-order valence-electron chi connectivity index (χ2n) is 16.6. The van der Waals surface area contributed by atoms with Crippen molar-refractivity contribution in [2.45, 2.75) is 72.0 Å². The molecule has 1 N–H and O–H groups in total. The fraction of sp³-hybridized carbons (Fsp3) is 0.362. The number of ether oxygens (including phenoxy) is 4. The molecule has 3 aromatic rings. The van der Waals surface area contributed by atoms with Gasteiger partial charge < -0.3 is 24.3 Å². The number of carbonyl (C=O) groups is 8. The molecule has 0 aromatic heterocycles. The SMILES string of the molecule is CCCC1=C(/C=C/Oc2ccc(C(=O)NC)c(C(C)=O)c2)C(=O)N(CCOC(C)(C)COC(C)(C)CN2C(=O)Cc3ccc(Oc4ccc5c(c4)C(=O)N(C)C5=O)cc3C2=O)C1=O. The van der Waals surface area contributed by atoms with Crippen molar-refractivity contribution in [2.75, 3.05) is 40.4 Å². The van der Waals surface area contributed by atoms with E-state index in [2.05, 4.69) is 5.32 Å². The number of imide groups is 3. The number of ketones is 1. The Kier molecular flexibility index (Phi) is 13.3. The molecule has 7 amide bonds. The highest BCUT2D eigenvalue weighted by atomic mass is 16.6. The molecule has 0 bridgehead atoms. The van der Waals surface area contributed by atoms with E-state index in [4.69, 9.17) is 18.9 Å². The lowest BCUT2D eigenvalue weighted by Crippen LogP contribution is -2.51. The summed E-state index contributed by atoms with van der Waals surface area (Å²) in [4.78, 5) is 106. The van der Waals surface area contributed by atoms with Crippen LogP contribution in [-0.4, -0.2) is 113 Å². The van der Waals surface area contributed by atoms with Crippen LogP contribution in [0.1, 0.15) is 112 Å². The van der Waals surface area contributed by atoms with Crippen molar-refractivity contribution < 1.29 is 57.3 Å². The van der Waals surface area contributed by atoms with Crippen LogP contribution in [-0.2, 0) is 30.3 Å². The van der Waals surface area contributed by atoms with E-state index in [-0.39, 0.29) is 77.6 Å². The predicted octanol–water partition coefficient (Wildman–Crippen LogP) is 5.44. The Morgan fingerprint density at radius 1 is 0.746 bits per heavy atom. The fourth-order valence-corrected chi connectivity index (χ4v) is 7.35. The van der Waals surface area contributed by atoms with Crippen LogP contribution in [0.15, 0.2) is 78.1 Å². The summed E-state index contributed by atoms with van der Waals surface area (Å²) in [6.07, 6.45) is 3.63. The van der Waals surface area contributed by atoms with Gasteiger partial charge in [0.25, 0.3) is 35.4 Å². The van der Waals surface area contributed by atoms with Crippen LogP contribution in [0.5, 0.6) is 17.2 Å².